The highest BCUT2D eigenvalue weighted by Crippen LogP contribution is 2.31. The number of benzene rings is 2. The van der Waals surface area contributed by atoms with E-state index < -0.39 is 0 Å². The molecule has 7 heteroatoms. The zero-order valence-electron chi connectivity index (χ0n) is 17.3. The van der Waals surface area contributed by atoms with Crippen LogP contribution in [0.5, 0.6) is 5.75 Å². The van der Waals surface area contributed by atoms with Gasteiger partial charge in [0.05, 0.1) is 7.11 Å². The van der Waals surface area contributed by atoms with E-state index in [2.05, 4.69) is 32.7 Å². The van der Waals surface area contributed by atoms with E-state index in [9.17, 15) is 4.79 Å². The van der Waals surface area contributed by atoms with E-state index in [-0.39, 0.29) is 18.0 Å². The van der Waals surface area contributed by atoms with Gasteiger partial charge in [-0.1, -0.05) is 23.7 Å². The first-order valence-electron chi connectivity index (χ1n) is 10.2. The van der Waals surface area contributed by atoms with E-state index in [1.165, 1.54) is 0 Å². The first-order chi connectivity index (χ1) is 15.1. The molecule has 0 saturated carbocycles. The van der Waals surface area contributed by atoms with Crippen LogP contribution in [-0.4, -0.2) is 37.3 Å². The molecule has 1 aliphatic heterocycles. The number of hydrogen-bond acceptors (Lipinski definition) is 4. The van der Waals surface area contributed by atoms with E-state index in [4.69, 9.17) is 16.3 Å². The Bertz CT molecular complexity index is 996. The van der Waals surface area contributed by atoms with Gasteiger partial charge in [0, 0.05) is 53.8 Å². The predicted molar refractivity (Wildman–Crippen MR) is 124 cm³/mol. The summed E-state index contributed by atoms with van der Waals surface area (Å²) in [6.07, 6.45) is 4.44. The van der Waals surface area contributed by atoms with Crippen LogP contribution in [0, 0.1) is 0 Å². The Morgan fingerprint density at radius 3 is 2.45 bits per heavy atom. The Labute approximate surface area is 187 Å². The molecule has 2 N–H and O–H groups in total. The Kier molecular flexibility index (Phi) is 6.57. The number of piperidine rings is 1. The minimum atomic E-state index is -0.219. The van der Waals surface area contributed by atoms with E-state index in [1.54, 1.807) is 31.4 Å². The molecule has 2 atom stereocenters. The SMILES string of the molecule is COc1ccc(C2CN(c3ccncc3)CC[C@H]2NC(=O)Nc2ccc(Cl)cc2)cc1. The Morgan fingerprint density at radius 1 is 1.06 bits per heavy atom. The first kappa shape index (κ1) is 21.0. The number of aromatic nitrogens is 1. The largest absolute Gasteiger partial charge is 0.497 e. The molecule has 0 radical (unpaired) electrons. The number of amides is 2. The van der Waals surface area contributed by atoms with Gasteiger partial charge in [0.25, 0.3) is 0 Å². The fraction of sp³-hybridized carbons (Fsp3) is 0.250. The zero-order valence-corrected chi connectivity index (χ0v) is 18.0. The van der Waals surface area contributed by atoms with Crippen LogP contribution in [0.1, 0.15) is 17.9 Å². The molecule has 1 aliphatic rings. The molecular weight excluding hydrogens is 412 g/mol. The van der Waals surface area contributed by atoms with Gasteiger partial charge in [0.1, 0.15) is 5.75 Å². The van der Waals surface area contributed by atoms with Crippen LogP contribution < -0.4 is 20.3 Å². The highest BCUT2D eigenvalue weighted by atomic mass is 35.5. The van der Waals surface area contributed by atoms with E-state index in [1.807, 2.05) is 36.7 Å². The van der Waals surface area contributed by atoms with Crippen LogP contribution >= 0.6 is 11.6 Å². The van der Waals surface area contributed by atoms with Gasteiger partial charge in [-0.25, -0.2) is 4.79 Å². The second-order valence-corrected chi connectivity index (χ2v) is 7.97. The summed E-state index contributed by atoms with van der Waals surface area (Å²) in [5.41, 5.74) is 3.01. The maximum atomic E-state index is 12.7. The van der Waals surface area contributed by atoms with Crippen molar-refractivity contribution in [2.45, 2.75) is 18.4 Å². The van der Waals surface area contributed by atoms with E-state index >= 15 is 0 Å². The lowest BCUT2D eigenvalue weighted by Gasteiger charge is -2.40. The van der Waals surface area contributed by atoms with Crippen LogP contribution in [0.25, 0.3) is 0 Å². The number of ether oxygens (including phenoxy) is 1. The van der Waals surface area contributed by atoms with Crippen molar-refractivity contribution < 1.29 is 9.53 Å². The summed E-state index contributed by atoms with van der Waals surface area (Å²) in [4.78, 5) is 19.2. The van der Waals surface area contributed by atoms with Gasteiger partial charge in [-0.2, -0.15) is 0 Å². The van der Waals surface area contributed by atoms with Gasteiger partial charge < -0.3 is 20.3 Å². The van der Waals surface area contributed by atoms with Crippen molar-refractivity contribution >= 4 is 29.0 Å². The second-order valence-electron chi connectivity index (χ2n) is 7.53. The number of carbonyl (C=O) groups excluding carboxylic acids is 1. The number of nitrogens with zero attached hydrogens (tertiary/aromatic N) is 2. The average molecular weight is 437 g/mol. The van der Waals surface area contributed by atoms with Crippen molar-refractivity contribution in [2.75, 3.05) is 30.4 Å². The van der Waals surface area contributed by atoms with Gasteiger partial charge in [-0.05, 0) is 60.5 Å². The molecule has 2 aromatic carbocycles. The van der Waals surface area contributed by atoms with Crippen molar-refractivity contribution in [2.24, 2.45) is 0 Å². The number of hydrogen-bond donors (Lipinski definition) is 2. The Balaban J connectivity index is 1.51. The van der Waals surface area contributed by atoms with Crippen molar-refractivity contribution in [3.63, 3.8) is 0 Å². The van der Waals surface area contributed by atoms with Crippen LogP contribution in [0.3, 0.4) is 0 Å². The number of rotatable bonds is 5. The molecule has 3 aromatic rings. The normalized spacial score (nSPS) is 18.3. The van der Waals surface area contributed by atoms with Gasteiger partial charge in [-0.3, -0.25) is 4.98 Å². The fourth-order valence-corrected chi connectivity index (χ4v) is 4.10. The zero-order chi connectivity index (χ0) is 21.6. The lowest BCUT2D eigenvalue weighted by atomic mass is 9.85. The summed E-state index contributed by atoms with van der Waals surface area (Å²) in [6, 6.07) is 19.0. The summed E-state index contributed by atoms with van der Waals surface area (Å²) in [7, 11) is 1.66. The highest BCUT2D eigenvalue weighted by Gasteiger charge is 2.32. The third-order valence-corrected chi connectivity index (χ3v) is 5.86. The van der Waals surface area contributed by atoms with Gasteiger partial charge in [0.15, 0.2) is 0 Å². The summed E-state index contributed by atoms with van der Waals surface area (Å²) in [5.74, 6) is 0.944. The summed E-state index contributed by atoms with van der Waals surface area (Å²) in [6.45, 7) is 1.64. The quantitative estimate of drug-likeness (QED) is 0.595. The molecule has 1 fully saturated rings. The number of nitrogens with one attached hydrogen (secondary N) is 2. The molecular formula is C24H25ClN4O2. The number of pyridine rings is 1. The lowest BCUT2D eigenvalue weighted by molar-refractivity contribution is 0.243. The van der Waals surface area contributed by atoms with Crippen LogP contribution in [0.2, 0.25) is 5.02 Å². The minimum Gasteiger partial charge on any atom is -0.497 e. The smallest absolute Gasteiger partial charge is 0.319 e. The molecule has 1 aromatic heterocycles. The summed E-state index contributed by atoms with van der Waals surface area (Å²) < 4.78 is 5.31. The third kappa shape index (κ3) is 5.27. The third-order valence-electron chi connectivity index (χ3n) is 5.60. The molecule has 160 valence electrons. The molecule has 0 bridgehead atoms. The maximum Gasteiger partial charge on any atom is 0.319 e. The minimum absolute atomic E-state index is 0.00113. The van der Waals surface area contributed by atoms with Crippen molar-refractivity contribution in [3.05, 3.63) is 83.6 Å². The van der Waals surface area contributed by atoms with Crippen molar-refractivity contribution in [3.8, 4) is 5.75 Å². The van der Waals surface area contributed by atoms with Crippen molar-refractivity contribution in [1.29, 1.82) is 0 Å². The van der Waals surface area contributed by atoms with Gasteiger partial charge in [-0.15, -0.1) is 0 Å². The molecule has 2 amide bonds. The van der Waals surface area contributed by atoms with E-state index in [0.29, 0.717) is 10.7 Å². The molecule has 4 rings (SSSR count). The Morgan fingerprint density at radius 2 is 1.77 bits per heavy atom. The summed E-state index contributed by atoms with van der Waals surface area (Å²) in [5, 5.41) is 6.71. The molecule has 6 nitrogen and oxygen atoms in total. The number of anilines is 2. The number of methoxy groups -OCH3 is 1. The van der Waals surface area contributed by atoms with Crippen LogP contribution in [0.4, 0.5) is 16.2 Å². The molecule has 1 unspecified atom stereocenters. The number of urea groups is 1. The molecule has 0 aliphatic carbocycles. The molecule has 0 spiro atoms. The summed E-state index contributed by atoms with van der Waals surface area (Å²) >= 11 is 5.93. The topological polar surface area (TPSA) is 66.5 Å². The standard InChI is InChI=1S/C24H25ClN4O2/c1-31-21-8-2-17(3-9-21)22-16-29(20-10-13-26-14-11-20)15-12-23(22)28-24(30)27-19-6-4-18(25)5-7-19/h2-11,13-14,22-23H,12,15-16H2,1H3,(H2,27,28,30)/t22?,23-/m1/s1. The lowest BCUT2D eigenvalue weighted by Crippen LogP contribution is -2.50. The first-order valence-corrected chi connectivity index (χ1v) is 10.6. The number of carbonyl (C=O) groups is 1. The molecule has 31 heavy (non-hydrogen) atoms. The van der Waals surface area contributed by atoms with Crippen molar-refractivity contribution in [1.82, 2.24) is 10.3 Å². The second kappa shape index (κ2) is 9.71. The van der Waals surface area contributed by atoms with Crippen LogP contribution in [-0.2, 0) is 0 Å². The number of halogens is 1. The highest BCUT2D eigenvalue weighted by molar-refractivity contribution is 6.30. The molecule has 1 saturated heterocycles. The maximum absolute atomic E-state index is 12.7. The van der Waals surface area contributed by atoms with Gasteiger partial charge >= 0.3 is 6.03 Å². The monoisotopic (exact) mass is 436 g/mol. The van der Waals surface area contributed by atoms with Crippen LogP contribution in [0.15, 0.2) is 73.1 Å². The Hall–Kier alpha value is -3.25. The van der Waals surface area contributed by atoms with Gasteiger partial charge in [0.2, 0.25) is 0 Å². The van der Waals surface area contributed by atoms with E-state index in [0.717, 1.165) is 36.5 Å². The predicted octanol–water partition coefficient (Wildman–Crippen LogP) is 4.93. The molecule has 2 heterocycles. The average Bonchev–Trinajstić information content (AvgIpc) is 2.81. The fourth-order valence-electron chi connectivity index (χ4n) is 3.97.